The van der Waals surface area contributed by atoms with E-state index in [1.54, 1.807) is 0 Å². The molecule has 250 valence electrons. The number of hydrogen-bond acceptors (Lipinski definition) is 1. The minimum absolute atomic E-state index is 0.404. The smallest absolute Gasteiger partial charge is 0.0824 e. The zero-order chi connectivity index (χ0) is 35.4. The molecule has 0 amide bonds. The SMILES string of the molecule is c1ccc(-c2ccc3c4cn(-c5cccc6c5-c5ccccc5C65c6ccccc6-c6ccccc65)c5ccc(-c6ccccc6)cc5c-4nc3c2)cc1. The van der Waals surface area contributed by atoms with Gasteiger partial charge in [0, 0.05) is 28.1 Å². The molecule has 2 heterocycles. The van der Waals surface area contributed by atoms with Crippen molar-refractivity contribution in [2.45, 2.75) is 5.41 Å². The molecule has 0 atom stereocenters. The van der Waals surface area contributed by atoms with Crippen LogP contribution >= 0.6 is 0 Å². The molecule has 2 nitrogen and oxygen atoms in total. The van der Waals surface area contributed by atoms with Crippen LogP contribution in [0.5, 0.6) is 0 Å². The summed E-state index contributed by atoms with van der Waals surface area (Å²) in [5.74, 6) is 0. The van der Waals surface area contributed by atoms with Crippen LogP contribution in [0, 0.1) is 0 Å². The van der Waals surface area contributed by atoms with E-state index in [2.05, 4.69) is 199 Å². The van der Waals surface area contributed by atoms with Crippen molar-refractivity contribution in [1.29, 1.82) is 0 Å². The third-order valence-corrected chi connectivity index (χ3v) is 12.0. The van der Waals surface area contributed by atoms with Crippen LogP contribution in [0.25, 0.3) is 83.3 Å². The van der Waals surface area contributed by atoms with Crippen LogP contribution < -0.4 is 0 Å². The van der Waals surface area contributed by atoms with Crippen LogP contribution in [-0.2, 0) is 5.41 Å². The fourth-order valence-electron chi connectivity index (χ4n) is 9.78. The van der Waals surface area contributed by atoms with Crippen molar-refractivity contribution in [2.24, 2.45) is 0 Å². The van der Waals surface area contributed by atoms with E-state index in [0.29, 0.717) is 0 Å². The van der Waals surface area contributed by atoms with E-state index in [1.807, 2.05) is 0 Å². The standard InChI is InChI=1S/C52H32N2/c1-3-14-33(15-4-1)35-27-29-48-41(30-35)51-42(39-28-26-36(31-47(39)53-51)34-16-5-2-6-17-34)32-54(48)49-25-13-24-46-50(49)40-20-9-12-23-45(40)52(46)43-21-10-7-18-37(43)38-19-8-11-22-44(38)52/h1-32H. The Kier molecular flexibility index (Phi) is 6.01. The van der Waals surface area contributed by atoms with Crippen molar-refractivity contribution in [1.82, 2.24) is 9.55 Å². The Bertz CT molecular complexity index is 3050. The second-order valence-corrected chi connectivity index (χ2v) is 14.7. The maximum atomic E-state index is 5.40. The van der Waals surface area contributed by atoms with E-state index in [0.717, 1.165) is 33.1 Å². The zero-order valence-corrected chi connectivity index (χ0v) is 29.4. The van der Waals surface area contributed by atoms with Gasteiger partial charge < -0.3 is 4.57 Å². The summed E-state index contributed by atoms with van der Waals surface area (Å²) in [4.78, 5) is 5.40. The van der Waals surface area contributed by atoms with Crippen LogP contribution in [0.1, 0.15) is 22.3 Å². The number of rotatable bonds is 3. The van der Waals surface area contributed by atoms with Gasteiger partial charge >= 0.3 is 0 Å². The Hall–Kier alpha value is -7.03. The summed E-state index contributed by atoms with van der Waals surface area (Å²) in [5, 5.41) is 2.30. The number of pyridine rings is 1. The van der Waals surface area contributed by atoms with E-state index < -0.39 is 5.41 Å². The third kappa shape index (κ3) is 3.87. The first-order valence-electron chi connectivity index (χ1n) is 18.7. The van der Waals surface area contributed by atoms with E-state index in [9.17, 15) is 0 Å². The zero-order valence-electron chi connectivity index (χ0n) is 29.4. The van der Waals surface area contributed by atoms with Crippen molar-refractivity contribution in [3.63, 3.8) is 0 Å². The van der Waals surface area contributed by atoms with Crippen molar-refractivity contribution in [3.8, 4) is 61.5 Å². The minimum Gasteiger partial charge on any atom is -0.315 e. The molecule has 8 aromatic carbocycles. The molecular formula is C52H32N2. The van der Waals surface area contributed by atoms with Crippen molar-refractivity contribution >= 4 is 21.8 Å². The molecule has 8 aromatic rings. The van der Waals surface area contributed by atoms with E-state index >= 15 is 0 Å². The molecule has 0 saturated heterocycles. The molecule has 12 rings (SSSR count). The number of aromatic nitrogens is 2. The molecule has 0 radical (unpaired) electrons. The van der Waals surface area contributed by atoms with E-state index in [4.69, 9.17) is 4.98 Å². The highest BCUT2D eigenvalue weighted by molar-refractivity contribution is 6.09. The maximum Gasteiger partial charge on any atom is 0.0824 e. The molecule has 4 aliphatic rings. The Morgan fingerprint density at radius 1 is 0.389 bits per heavy atom. The van der Waals surface area contributed by atoms with Gasteiger partial charge in [-0.1, -0.05) is 164 Å². The molecule has 1 spiro atoms. The fourth-order valence-corrected chi connectivity index (χ4v) is 9.78. The van der Waals surface area contributed by atoms with Gasteiger partial charge in [-0.2, -0.15) is 0 Å². The molecule has 2 aliphatic carbocycles. The largest absolute Gasteiger partial charge is 0.315 e. The molecule has 0 fully saturated rings. The second kappa shape index (κ2) is 11.0. The Morgan fingerprint density at radius 3 is 1.63 bits per heavy atom. The number of benzene rings is 8. The highest BCUT2D eigenvalue weighted by atomic mass is 15.0. The van der Waals surface area contributed by atoms with Gasteiger partial charge in [0.2, 0.25) is 0 Å². The number of hydrogen-bond donors (Lipinski definition) is 0. The molecule has 2 aliphatic heterocycles. The van der Waals surface area contributed by atoms with Gasteiger partial charge in [-0.3, -0.25) is 0 Å². The first-order chi connectivity index (χ1) is 26.8. The van der Waals surface area contributed by atoms with Gasteiger partial charge in [0.15, 0.2) is 0 Å². The minimum atomic E-state index is -0.404. The normalized spacial score (nSPS) is 13.3. The maximum absolute atomic E-state index is 5.40. The Labute approximate surface area is 313 Å². The van der Waals surface area contributed by atoms with Crippen molar-refractivity contribution in [3.05, 3.63) is 217 Å². The Balaban J connectivity index is 1.18. The fraction of sp³-hybridized carbons (Fsp3) is 0.0192. The van der Waals surface area contributed by atoms with Crippen LogP contribution in [0.4, 0.5) is 0 Å². The van der Waals surface area contributed by atoms with Gasteiger partial charge in [0.1, 0.15) is 0 Å². The predicted octanol–water partition coefficient (Wildman–Crippen LogP) is 13.0. The highest BCUT2D eigenvalue weighted by Crippen LogP contribution is 2.63. The van der Waals surface area contributed by atoms with E-state index in [-0.39, 0.29) is 0 Å². The summed E-state index contributed by atoms with van der Waals surface area (Å²) < 4.78 is 2.44. The summed E-state index contributed by atoms with van der Waals surface area (Å²) >= 11 is 0. The molecule has 0 aromatic heterocycles. The molecule has 0 unspecified atom stereocenters. The monoisotopic (exact) mass is 684 g/mol. The lowest BCUT2D eigenvalue weighted by atomic mass is 9.70. The number of nitrogens with zero attached hydrogens (tertiary/aromatic N) is 2. The van der Waals surface area contributed by atoms with Gasteiger partial charge in [-0.15, -0.1) is 0 Å². The van der Waals surface area contributed by atoms with Gasteiger partial charge in [0.25, 0.3) is 0 Å². The van der Waals surface area contributed by atoms with Gasteiger partial charge in [0.05, 0.1) is 27.8 Å². The van der Waals surface area contributed by atoms with Crippen molar-refractivity contribution in [2.75, 3.05) is 0 Å². The average Bonchev–Trinajstić information content (AvgIpc) is 3.88. The van der Waals surface area contributed by atoms with Crippen LogP contribution in [0.3, 0.4) is 0 Å². The third-order valence-electron chi connectivity index (χ3n) is 12.0. The number of fused-ring (bicyclic) bond motifs is 15. The van der Waals surface area contributed by atoms with Gasteiger partial charge in [-0.25, -0.2) is 4.98 Å². The summed E-state index contributed by atoms with van der Waals surface area (Å²) in [5.41, 5.74) is 20.4. The summed E-state index contributed by atoms with van der Waals surface area (Å²) in [7, 11) is 0. The average molecular weight is 685 g/mol. The lowest BCUT2D eigenvalue weighted by Gasteiger charge is -2.30. The first-order valence-corrected chi connectivity index (χ1v) is 18.7. The van der Waals surface area contributed by atoms with Crippen molar-refractivity contribution < 1.29 is 0 Å². The summed E-state index contributed by atoms with van der Waals surface area (Å²) in [6.45, 7) is 0. The molecule has 0 N–H and O–H groups in total. The highest BCUT2D eigenvalue weighted by Gasteiger charge is 2.52. The van der Waals surface area contributed by atoms with Crippen LogP contribution in [0.2, 0.25) is 0 Å². The molecule has 0 bridgehead atoms. The molecular weight excluding hydrogens is 653 g/mol. The van der Waals surface area contributed by atoms with Gasteiger partial charge in [-0.05, 0) is 85.5 Å². The topological polar surface area (TPSA) is 17.8 Å². The lowest BCUT2D eigenvalue weighted by molar-refractivity contribution is 0.793. The second-order valence-electron chi connectivity index (χ2n) is 14.7. The summed E-state index contributed by atoms with van der Waals surface area (Å²) in [6, 6.07) is 69.0. The van der Waals surface area contributed by atoms with E-state index in [1.165, 1.54) is 72.4 Å². The first kappa shape index (κ1) is 29.5. The predicted molar refractivity (Wildman–Crippen MR) is 222 cm³/mol. The van der Waals surface area contributed by atoms with Crippen LogP contribution in [-0.4, -0.2) is 9.55 Å². The van der Waals surface area contributed by atoms with Crippen LogP contribution in [0.15, 0.2) is 194 Å². The molecule has 54 heavy (non-hydrogen) atoms. The quantitative estimate of drug-likeness (QED) is 0.181. The Morgan fingerprint density at radius 2 is 0.944 bits per heavy atom. The summed E-state index contributed by atoms with van der Waals surface area (Å²) in [6.07, 6.45) is 2.34. The molecule has 2 heteroatoms. The lowest BCUT2D eigenvalue weighted by Crippen LogP contribution is -2.25. The molecule has 0 saturated carbocycles.